The molecule has 1 saturated heterocycles. The summed E-state index contributed by atoms with van der Waals surface area (Å²) in [6, 6.07) is 8.15. The summed E-state index contributed by atoms with van der Waals surface area (Å²) < 4.78 is 22.3. The maximum Gasteiger partial charge on any atom is 0.130 e. The average Bonchev–Trinajstić information content (AvgIpc) is 3.08. The van der Waals surface area contributed by atoms with Crippen LogP contribution >= 0.6 is 0 Å². The van der Waals surface area contributed by atoms with Gasteiger partial charge in [0.1, 0.15) is 23.0 Å². The summed E-state index contributed by atoms with van der Waals surface area (Å²) in [7, 11) is 5.02. The van der Waals surface area contributed by atoms with Gasteiger partial charge in [0.25, 0.3) is 0 Å². The molecule has 0 N–H and O–H groups in total. The topological polar surface area (TPSA) is 44.1 Å². The van der Waals surface area contributed by atoms with Gasteiger partial charge in [0.2, 0.25) is 0 Å². The van der Waals surface area contributed by atoms with E-state index in [1.165, 1.54) is 19.3 Å². The van der Waals surface area contributed by atoms with Crippen LogP contribution < -0.4 is 14.2 Å². The Morgan fingerprint density at radius 2 is 1.80 bits per heavy atom. The van der Waals surface area contributed by atoms with Gasteiger partial charge < -0.3 is 18.6 Å². The van der Waals surface area contributed by atoms with Crippen LogP contribution in [0.3, 0.4) is 0 Å². The summed E-state index contributed by atoms with van der Waals surface area (Å²) in [4.78, 5) is 2.47. The third kappa shape index (κ3) is 3.93. The summed E-state index contributed by atoms with van der Waals surface area (Å²) in [6.07, 6.45) is 6.53. The summed E-state index contributed by atoms with van der Waals surface area (Å²) >= 11 is 0. The first-order chi connectivity index (χ1) is 12.3. The number of methoxy groups -OCH3 is 3. The highest BCUT2D eigenvalue weighted by atomic mass is 16.5. The van der Waals surface area contributed by atoms with E-state index in [-0.39, 0.29) is 6.04 Å². The van der Waals surface area contributed by atoms with Crippen molar-refractivity contribution in [3.05, 3.63) is 41.9 Å². The van der Waals surface area contributed by atoms with Gasteiger partial charge in [0.05, 0.1) is 39.2 Å². The Morgan fingerprint density at radius 3 is 2.40 bits per heavy atom. The molecule has 0 unspecified atom stereocenters. The molecular formula is C20H27NO4. The van der Waals surface area contributed by atoms with Crippen molar-refractivity contribution >= 4 is 0 Å². The van der Waals surface area contributed by atoms with E-state index < -0.39 is 0 Å². The first-order valence-corrected chi connectivity index (χ1v) is 8.83. The molecule has 2 heterocycles. The highest BCUT2D eigenvalue weighted by molar-refractivity contribution is 5.50. The van der Waals surface area contributed by atoms with Gasteiger partial charge in [-0.15, -0.1) is 0 Å². The average molecular weight is 345 g/mol. The van der Waals surface area contributed by atoms with Crippen molar-refractivity contribution in [2.75, 3.05) is 27.9 Å². The highest BCUT2D eigenvalue weighted by Gasteiger charge is 2.27. The molecule has 0 aliphatic carbocycles. The molecule has 25 heavy (non-hydrogen) atoms. The zero-order valence-electron chi connectivity index (χ0n) is 15.3. The van der Waals surface area contributed by atoms with Crippen LogP contribution in [-0.2, 0) is 6.54 Å². The quantitative estimate of drug-likeness (QED) is 0.775. The minimum Gasteiger partial charge on any atom is -0.496 e. The fraction of sp³-hybridized carbons (Fsp3) is 0.500. The Hall–Kier alpha value is -2.14. The minimum absolute atomic E-state index is 0.286. The normalized spacial score (nSPS) is 18.6. The number of furan rings is 1. The first kappa shape index (κ1) is 17.7. The molecule has 1 atom stereocenters. The number of rotatable bonds is 6. The maximum atomic E-state index is 5.72. The summed E-state index contributed by atoms with van der Waals surface area (Å²) in [5.74, 6) is 3.35. The van der Waals surface area contributed by atoms with Crippen LogP contribution in [0.25, 0.3) is 0 Å². The Labute approximate surface area is 149 Å². The third-order valence-corrected chi connectivity index (χ3v) is 4.91. The zero-order valence-corrected chi connectivity index (χ0v) is 15.3. The van der Waals surface area contributed by atoms with Crippen molar-refractivity contribution in [1.82, 2.24) is 4.90 Å². The number of likely N-dealkylation sites (tertiary alicyclic amines) is 1. The van der Waals surface area contributed by atoms with Gasteiger partial charge in [-0.3, -0.25) is 4.90 Å². The van der Waals surface area contributed by atoms with Crippen LogP contribution in [0.15, 0.2) is 34.9 Å². The summed E-state index contributed by atoms with van der Waals surface area (Å²) in [5.41, 5.74) is 1.05. The lowest BCUT2D eigenvalue weighted by Gasteiger charge is -2.29. The number of hydrogen-bond acceptors (Lipinski definition) is 5. The van der Waals surface area contributed by atoms with Crippen molar-refractivity contribution in [2.24, 2.45) is 0 Å². The van der Waals surface area contributed by atoms with E-state index in [0.717, 1.165) is 48.1 Å². The van der Waals surface area contributed by atoms with Crippen molar-refractivity contribution in [2.45, 2.75) is 38.3 Å². The summed E-state index contributed by atoms with van der Waals surface area (Å²) in [6.45, 7) is 1.78. The van der Waals surface area contributed by atoms with Crippen LogP contribution in [-0.4, -0.2) is 32.8 Å². The van der Waals surface area contributed by atoms with Crippen LogP contribution in [0.4, 0.5) is 0 Å². The molecule has 5 heteroatoms. The fourth-order valence-corrected chi connectivity index (χ4v) is 3.60. The third-order valence-electron chi connectivity index (χ3n) is 4.91. The van der Waals surface area contributed by atoms with Gasteiger partial charge in [-0.05, 0) is 31.5 Å². The molecule has 1 aromatic carbocycles. The standard InChI is InChI=1S/C20H27NO4/c1-22-15-12-19(23-2)16(20(13-15)24-3)14-21-10-6-4-5-8-17(21)18-9-7-11-25-18/h7,9,11-13,17H,4-6,8,10,14H2,1-3H3/t17-/m1/s1. The fourth-order valence-electron chi connectivity index (χ4n) is 3.60. The van der Waals surface area contributed by atoms with Gasteiger partial charge in [-0.25, -0.2) is 0 Å². The largest absolute Gasteiger partial charge is 0.496 e. The molecule has 2 aromatic rings. The van der Waals surface area contributed by atoms with Crippen molar-refractivity contribution < 1.29 is 18.6 Å². The van der Waals surface area contributed by atoms with Crippen molar-refractivity contribution in [3.8, 4) is 17.2 Å². The van der Waals surface area contributed by atoms with Gasteiger partial charge in [-0.1, -0.05) is 12.8 Å². The van der Waals surface area contributed by atoms with Crippen LogP contribution in [0.2, 0.25) is 0 Å². The number of ether oxygens (including phenoxy) is 3. The Bertz CT molecular complexity index is 643. The van der Waals surface area contributed by atoms with Gasteiger partial charge in [0.15, 0.2) is 0 Å². The molecule has 1 aliphatic rings. The van der Waals surface area contributed by atoms with Gasteiger partial charge in [-0.2, -0.15) is 0 Å². The molecule has 0 amide bonds. The molecule has 1 aromatic heterocycles. The number of hydrogen-bond donors (Lipinski definition) is 0. The predicted octanol–water partition coefficient (Wildman–Crippen LogP) is 4.42. The molecule has 136 valence electrons. The van der Waals surface area contributed by atoms with E-state index in [4.69, 9.17) is 18.6 Å². The molecule has 0 saturated carbocycles. The van der Waals surface area contributed by atoms with E-state index in [2.05, 4.69) is 11.0 Å². The molecule has 1 fully saturated rings. The predicted molar refractivity (Wildman–Crippen MR) is 96.4 cm³/mol. The molecule has 1 aliphatic heterocycles. The van der Waals surface area contributed by atoms with E-state index >= 15 is 0 Å². The SMILES string of the molecule is COc1cc(OC)c(CN2CCCCC[C@@H]2c2ccco2)c(OC)c1. The van der Waals surface area contributed by atoms with E-state index in [9.17, 15) is 0 Å². The molecule has 3 rings (SSSR count). The van der Waals surface area contributed by atoms with Crippen LogP contribution in [0.1, 0.15) is 43.0 Å². The second-order valence-corrected chi connectivity index (χ2v) is 6.36. The lowest BCUT2D eigenvalue weighted by molar-refractivity contribution is 0.166. The molecule has 0 spiro atoms. The smallest absolute Gasteiger partial charge is 0.130 e. The van der Waals surface area contributed by atoms with Crippen molar-refractivity contribution in [3.63, 3.8) is 0 Å². The second-order valence-electron chi connectivity index (χ2n) is 6.36. The molecule has 5 nitrogen and oxygen atoms in total. The van der Waals surface area contributed by atoms with Crippen LogP contribution in [0.5, 0.6) is 17.2 Å². The number of benzene rings is 1. The van der Waals surface area contributed by atoms with E-state index in [0.29, 0.717) is 0 Å². The Kier molecular flexibility index (Phi) is 5.87. The lowest BCUT2D eigenvalue weighted by Crippen LogP contribution is -2.28. The Balaban J connectivity index is 1.93. The zero-order chi connectivity index (χ0) is 17.6. The van der Waals surface area contributed by atoms with Gasteiger partial charge in [0, 0.05) is 18.7 Å². The van der Waals surface area contributed by atoms with Crippen LogP contribution in [0, 0.1) is 0 Å². The monoisotopic (exact) mass is 345 g/mol. The number of nitrogens with zero attached hydrogens (tertiary/aromatic N) is 1. The maximum absolute atomic E-state index is 5.72. The van der Waals surface area contributed by atoms with E-state index in [1.54, 1.807) is 27.6 Å². The first-order valence-electron chi connectivity index (χ1n) is 8.83. The van der Waals surface area contributed by atoms with Gasteiger partial charge >= 0.3 is 0 Å². The summed E-state index contributed by atoms with van der Waals surface area (Å²) in [5, 5.41) is 0. The molecule has 0 radical (unpaired) electrons. The highest BCUT2D eigenvalue weighted by Crippen LogP contribution is 2.38. The second kappa shape index (κ2) is 8.30. The Morgan fingerprint density at radius 1 is 1.04 bits per heavy atom. The molecule has 0 bridgehead atoms. The van der Waals surface area contributed by atoms with Crippen molar-refractivity contribution in [1.29, 1.82) is 0 Å². The molecular weight excluding hydrogens is 318 g/mol. The lowest BCUT2D eigenvalue weighted by atomic mass is 10.1. The minimum atomic E-state index is 0.286. The van der Waals surface area contributed by atoms with E-state index in [1.807, 2.05) is 18.2 Å².